The summed E-state index contributed by atoms with van der Waals surface area (Å²) in [4.78, 5) is 5.56. The first kappa shape index (κ1) is 12.4. The van der Waals surface area contributed by atoms with Gasteiger partial charge in [0.2, 0.25) is 0 Å². The summed E-state index contributed by atoms with van der Waals surface area (Å²) in [5, 5.41) is 4.68. The van der Waals surface area contributed by atoms with Crippen molar-refractivity contribution in [3.63, 3.8) is 0 Å². The minimum atomic E-state index is 0.820. The third-order valence-corrected chi connectivity index (χ3v) is 4.27. The Morgan fingerprint density at radius 2 is 2.05 bits per heavy atom. The molecule has 4 heteroatoms. The number of hydrogen-bond donors (Lipinski definition) is 1. The van der Waals surface area contributed by atoms with E-state index >= 15 is 0 Å². The number of rotatable bonds is 4. The highest BCUT2D eigenvalue weighted by Crippen LogP contribution is 2.25. The van der Waals surface area contributed by atoms with Gasteiger partial charge in [0.05, 0.1) is 11.2 Å². The Labute approximate surface area is 116 Å². The van der Waals surface area contributed by atoms with Crippen molar-refractivity contribution >= 4 is 22.3 Å². The number of nitrogens with one attached hydrogen (secondary N) is 1. The van der Waals surface area contributed by atoms with Gasteiger partial charge in [-0.2, -0.15) is 0 Å². The quantitative estimate of drug-likeness (QED) is 0.785. The molecule has 0 aliphatic heterocycles. The molecule has 0 atom stereocenters. The Morgan fingerprint density at radius 1 is 1.21 bits per heavy atom. The summed E-state index contributed by atoms with van der Waals surface area (Å²) >= 11 is 1.70. The number of fused-ring (bicyclic) bond motifs is 1. The van der Waals surface area contributed by atoms with Gasteiger partial charge in [-0.15, -0.1) is 11.3 Å². The normalized spacial score (nSPS) is 11.3. The van der Waals surface area contributed by atoms with Crippen LogP contribution in [0.3, 0.4) is 0 Å². The highest BCUT2D eigenvalue weighted by atomic mass is 32.1. The van der Waals surface area contributed by atoms with Crippen LogP contribution in [0.15, 0.2) is 34.2 Å². The number of benzene rings is 1. The minimum Gasteiger partial charge on any atom is -0.461 e. The number of aromatic nitrogens is 1. The molecule has 0 spiro atoms. The smallest absolute Gasteiger partial charge is 0.134 e. The van der Waals surface area contributed by atoms with Crippen LogP contribution in [0, 0.1) is 13.8 Å². The van der Waals surface area contributed by atoms with Gasteiger partial charge in [-0.3, -0.25) is 0 Å². The highest BCUT2D eigenvalue weighted by Gasteiger charge is 2.10. The first-order chi connectivity index (χ1) is 9.25. The second-order valence-corrected chi connectivity index (χ2v) is 5.54. The van der Waals surface area contributed by atoms with Gasteiger partial charge in [0.15, 0.2) is 0 Å². The van der Waals surface area contributed by atoms with E-state index in [0.717, 1.165) is 30.1 Å². The Bertz CT molecular complexity index is 699. The van der Waals surface area contributed by atoms with Gasteiger partial charge in [-0.25, -0.2) is 4.98 Å². The van der Waals surface area contributed by atoms with Crippen LogP contribution in [0.1, 0.15) is 21.9 Å². The van der Waals surface area contributed by atoms with Gasteiger partial charge in [0.25, 0.3) is 0 Å². The summed E-state index contributed by atoms with van der Waals surface area (Å²) < 4.78 is 5.76. The lowest BCUT2D eigenvalue weighted by Gasteiger charge is -2.03. The van der Waals surface area contributed by atoms with Crippen molar-refractivity contribution in [2.45, 2.75) is 26.9 Å². The number of thiazole rings is 1. The molecule has 2 aromatic heterocycles. The lowest BCUT2D eigenvalue weighted by Crippen LogP contribution is -2.12. The van der Waals surface area contributed by atoms with Gasteiger partial charge in [-0.1, -0.05) is 18.2 Å². The van der Waals surface area contributed by atoms with Crippen LogP contribution in [0.2, 0.25) is 0 Å². The van der Waals surface area contributed by atoms with E-state index < -0.39 is 0 Å². The highest BCUT2D eigenvalue weighted by molar-refractivity contribution is 7.09. The Balaban J connectivity index is 1.75. The molecule has 0 amide bonds. The van der Waals surface area contributed by atoms with Crippen molar-refractivity contribution in [2.75, 3.05) is 0 Å². The topological polar surface area (TPSA) is 38.1 Å². The van der Waals surface area contributed by atoms with Crippen LogP contribution in [-0.4, -0.2) is 4.98 Å². The van der Waals surface area contributed by atoms with Crippen molar-refractivity contribution < 1.29 is 4.42 Å². The van der Waals surface area contributed by atoms with Crippen molar-refractivity contribution in [1.82, 2.24) is 10.3 Å². The standard InChI is InChI=1S/C15H16N2OS/c1-10-15(19-9-17-10)8-16-7-13-11(2)18-14-6-4-3-5-12(13)14/h3-6,9,16H,7-8H2,1-2H3. The molecule has 1 aromatic carbocycles. The van der Waals surface area contributed by atoms with Gasteiger partial charge in [-0.05, 0) is 19.9 Å². The van der Waals surface area contributed by atoms with Gasteiger partial charge in [0, 0.05) is 28.9 Å². The molecular formula is C15H16N2OS. The van der Waals surface area contributed by atoms with Crippen molar-refractivity contribution in [2.24, 2.45) is 0 Å². The molecule has 1 N–H and O–H groups in total. The average molecular weight is 272 g/mol. The maximum atomic E-state index is 5.76. The fourth-order valence-corrected chi connectivity index (χ4v) is 2.98. The van der Waals surface area contributed by atoms with Crippen molar-refractivity contribution in [3.8, 4) is 0 Å². The third-order valence-electron chi connectivity index (χ3n) is 3.33. The van der Waals surface area contributed by atoms with E-state index in [0.29, 0.717) is 0 Å². The van der Waals surface area contributed by atoms with Gasteiger partial charge in [0.1, 0.15) is 11.3 Å². The number of nitrogens with zero attached hydrogens (tertiary/aromatic N) is 1. The monoisotopic (exact) mass is 272 g/mol. The molecule has 0 saturated carbocycles. The maximum Gasteiger partial charge on any atom is 0.134 e. The van der Waals surface area contributed by atoms with E-state index in [9.17, 15) is 0 Å². The Morgan fingerprint density at radius 3 is 2.84 bits per heavy atom. The minimum absolute atomic E-state index is 0.820. The number of furan rings is 1. The first-order valence-electron chi connectivity index (χ1n) is 6.32. The number of hydrogen-bond acceptors (Lipinski definition) is 4. The zero-order valence-electron chi connectivity index (χ0n) is 11.1. The lowest BCUT2D eigenvalue weighted by atomic mass is 10.1. The summed E-state index contributed by atoms with van der Waals surface area (Å²) in [5.41, 5.74) is 5.22. The fraction of sp³-hybridized carbons (Fsp3) is 0.267. The van der Waals surface area contributed by atoms with E-state index in [4.69, 9.17) is 4.42 Å². The van der Waals surface area contributed by atoms with E-state index in [1.54, 1.807) is 11.3 Å². The molecule has 3 aromatic rings. The summed E-state index contributed by atoms with van der Waals surface area (Å²) in [6, 6.07) is 8.18. The molecule has 0 unspecified atom stereocenters. The van der Waals surface area contributed by atoms with Crippen LogP contribution in [0.5, 0.6) is 0 Å². The van der Waals surface area contributed by atoms with Gasteiger partial charge >= 0.3 is 0 Å². The van der Waals surface area contributed by atoms with Crippen LogP contribution >= 0.6 is 11.3 Å². The molecule has 0 fully saturated rings. The molecule has 0 aliphatic rings. The van der Waals surface area contributed by atoms with Crippen LogP contribution in [0.25, 0.3) is 11.0 Å². The molecule has 98 valence electrons. The molecule has 0 bridgehead atoms. The summed E-state index contributed by atoms with van der Waals surface area (Å²) in [7, 11) is 0. The number of aryl methyl sites for hydroxylation is 2. The zero-order chi connectivity index (χ0) is 13.2. The molecule has 0 radical (unpaired) electrons. The fourth-order valence-electron chi connectivity index (χ4n) is 2.24. The van der Waals surface area contributed by atoms with Crippen LogP contribution < -0.4 is 5.32 Å². The SMILES string of the molecule is Cc1ncsc1CNCc1c(C)oc2ccccc12. The molecule has 0 saturated heterocycles. The largest absolute Gasteiger partial charge is 0.461 e. The van der Waals surface area contributed by atoms with Crippen molar-refractivity contribution in [1.29, 1.82) is 0 Å². The molecule has 0 aliphatic carbocycles. The molecule has 2 heterocycles. The summed E-state index contributed by atoms with van der Waals surface area (Å²) in [6.45, 7) is 5.75. The first-order valence-corrected chi connectivity index (χ1v) is 7.20. The third kappa shape index (κ3) is 2.41. The number of para-hydroxylation sites is 1. The lowest BCUT2D eigenvalue weighted by molar-refractivity contribution is 0.565. The molecule has 19 heavy (non-hydrogen) atoms. The van der Waals surface area contributed by atoms with E-state index in [1.807, 2.05) is 37.6 Å². The van der Waals surface area contributed by atoms with E-state index in [1.165, 1.54) is 15.8 Å². The maximum absolute atomic E-state index is 5.76. The predicted octanol–water partition coefficient (Wildman–Crippen LogP) is 3.80. The van der Waals surface area contributed by atoms with Crippen molar-refractivity contribution in [3.05, 3.63) is 51.7 Å². The molecule has 3 rings (SSSR count). The zero-order valence-corrected chi connectivity index (χ0v) is 11.9. The Kier molecular flexibility index (Phi) is 3.36. The summed E-state index contributed by atoms with van der Waals surface area (Å²) in [5.74, 6) is 0.995. The van der Waals surface area contributed by atoms with E-state index in [2.05, 4.69) is 16.4 Å². The predicted molar refractivity (Wildman–Crippen MR) is 78.3 cm³/mol. The second kappa shape index (κ2) is 5.15. The summed E-state index contributed by atoms with van der Waals surface area (Å²) in [6.07, 6.45) is 0. The second-order valence-electron chi connectivity index (χ2n) is 4.60. The van der Waals surface area contributed by atoms with Crippen LogP contribution in [0.4, 0.5) is 0 Å². The van der Waals surface area contributed by atoms with Gasteiger partial charge < -0.3 is 9.73 Å². The van der Waals surface area contributed by atoms with E-state index in [-0.39, 0.29) is 0 Å². The average Bonchev–Trinajstić information content (AvgIpc) is 2.94. The molecule has 3 nitrogen and oxygen atoms in total. The van der Waals surface area contributed by atoms with Crippen LogP contribution in [-0.2, 0) is 13.1 Å². The Hall–Kier alpha value is -1.65. The molecular weight excluding hydrogens is 256 g/mol.